The molecule has 0 aliphatic carbocycles. The van der Waals surface area contributed by atoms with E-state index in [2.05, 4.69) is 24.0 Å². The Morgan fingerprint density at radius 1 is 1.12 bits per heavy atom. The van der Waals surface area contributed by atoms with E-state index in [4.69, 9.17) is 5.73 Å². The minimum Gasteiger partial charge on any atom is -0.329 e. The third kappa shape index (κ3) is 2.12. The third-order valence-electron chi connectivity index (χ3n) is 2.70. The van der Waals surface area contributed by atoms with Gasteiger partial charge in [-0.15, -0.1) is 0 Å². The van der Waals surface area contributed by atoms with Crippen molar-refractivity contribution in [2.45, 2.75) is 6.92 Å². The van der Waals surface area contributed by atoms with Gasteiger partial charge in [0.05, 0.1) is 0 Å². The van der Waals surface area contributed by atoms with Gasteiger partial charge in [0.1, 0.15) is 0 Å². The Morgan fingerprint density at radius 3 is 2.44 bits per heavy atom. The van der Waals surface area contributed by atoms with Crippen LogP contribution in [0.2, 0.25) is 0 Å². The molecule has 0 aliphatic heterocycles. The Balaban J connectivity index is 2.41. The second kappa shape index (κ2) is 4.90. The first-order valence-electron chi connectivity index (χ1n) is 5.35. The highest BCUT2D eigenvalue weighted by Gasteiger charge is 2.14. The lowest BCUT2D eigenvalue weighted by atomic mass is 9.89. The maximum absolute atomic E-state index is 5.85. The number of hydrogen-bond donors (Lipinski definition) is 1. The fourth-order valence-corrected chi connectivity index (χ4v) is 1.85. The molecule has 1 aromatic carbocycles. The van der Waals surface area contributed by atoms with Gasteiger partial charge in [-0.05, 0) is 35.7 Å². The molecular formula is C14H15N2. The van der Waals surface area contributed by atoms with Crippen LogP contribution >= 0.6 is 0 Å². The number of nitrogens with two attached hydrogens (primary N) is 1. The summed E-state index contributed by atoms with van der Waals surface area (Å²) in [7, 11) is 0. The van der Waals surface area contributed by atoms with Crippen LogP contribution in [0.1, 0.15) is 16.7 Å². The predicted octanol–water partition coefficient (Wildman–Crippen LogP) is 2.32. The molecule has 2 rings (SSSR count). The van der Waals surface area contributed by atoms with E-state index in [1.54, 1.807) is 12.4 Å². The van der Waals surface area contributed by atoms with Gasteiger partial charge in [-0.1, -0.05) is 24.3 Å². The smallest absolute Gasteiger partial charge is 0.0478 e. The van der Waals surface area contributed by atoms with Crippen molar-refractivity contribution in [1.82, 2.24) is 4.98 Å². The lowest BCUT2D eigenvalue weighted by molar-refractivity contribution is 1.01. The highest BCUT2D eigenvalue weighted by Crippen LogP contribution is 2.24. The summed E-state index contributed by atoms with van der Waals surface area (Å²) in [6, 6.07) is 12.3. The highest BCUT2D eigenvalue weighted by molar-refractivity contribution is 5.48. The van der Waals surface area contributed by atoms with Crippen LogP contribution in [0, 0.1) is 12.8 Å². The number of pyridine rings is 1. The van der Waals surface area contributed by atoms with Gasteiger partial charge >= 0.3 is 0 Å². The van der Waals surface area contributed by atoms with E-state index in [1.807, 2.05) is 24.3 Å². The Labute approximate surface area is 96.1 Å². The minimum atomic E-state index is 0.537. The van der Waals surface area contributed by atoms with Crippen molar-refractivity contribution in [1.29, 1.82) is 0 Å². The molecular weight excluding hydrogens is 196 g/mol. The van der Waals surface area contributed by atoms with Gasteiger partial charge in [0.15, 0.2) is 0 Å². The molecule has 2 N–H and O–H groups in total. The summed E-state index contributed by atoms with van der Waals surface area (Å²) in [5, 5.41) is 0. The minimum absolute atomic E-state index is 0.537. The summed E-state index contributed by atoms with van der Waals surface area (Å²) in [6.07, 6.45) is 3.59. The van der Waals surface area contributed by atoms with E-state index >= 15 is 0 Å². The van der Waals surface area contributed by atoms with Gasteiger partial charge in [-0.25, -0.2) is 0 Å². The molecule has 0 atom stereocenters. The van der Waals surface area contributed by atoms with Gasteiger partial charge in [0.25, 0.3) is 0 Å². The molecule has 1 aromatic heterocycles. The predicted molar refractivity (Wildman–Crippen MR) is 65.9 cm³/mol. The maximum Gasteiger partial charge on any atom is 0.0478 e. The Hall–Kier alpha value is -1.67. The molecule has 0 amide bonds. The van der Waals surface area contributed by atoms with Crippen molar-refractivity contribution in [3.63, 3.8) is 0 Å². The van der Waals surface area contributed by atoms with Gasteiger partial charge in [-0.3, -0.25) is 4.98 Å². The quantitative estimate of drug-likeness (QED) is 0.846. The fourth-order valence-electron chi connectivity index (χ4n) is 1.85. The van der Waals surface area contributed by atoms with Crippen LogP contribution in [-0.4, -0.2) is 11.5 Å². The summed E-state index contributed by atoms with van der Waals surface area (Å²) < 4.78 is 0. The standard InChI is InChI=1S/C14H15N2/c1-11-4-2-3-5-13(11)14(10-15)12-6-8-16-9-7-12/h2-9H,10,15H2,1H3. The summed E-state index contributed by atoms with van der Waals surface area (Å²) in [4.78, 5) is 4.02. The number of nitrogens with zero attached hydrogens (tertiary/aromatic N) is 1. The molecule has 0 saturated heterocycles. The monoisotopic (exact) mass is 211 g/mol. The van der Waals surface area contributed by atoms with Crippen LogP contribution in [0.3, 0.4) is 0 Å². The van der Waals surface area contributed by atoms with E-state index in [0.29, 0.717) is 6.54 Å². The zero-order valence-corrected chi connectivity index (χ0v) is 9.35. The van der Waals surface area contributed by atoms with Crippen LogP contribution in [0.5, 0.6) is 0 Å². The normalized spacial score (nSPS) is 10.7. The molecule has 0 bridgehead atoms. The molecule has 2 heteroatoms. The zero-order chi connectivity index (χ0) is 11.4. The summed E-state index contributed by atoms with van der Waals surface area (Å²) >= 11 is 0. The highest BCUT2D eigenvalue weighted by atomic mass is 14.6. The fraction of sp³-hybridized carbons (Fsp3) is 0.143. The molecule has 0 aliphatic rings. The van der Waals surface area contributed by atoms with Crippen molar-refractivity contribution >= 4 is 0 Å². The van der Waals surface area contributed by atoms with Gasteiger partial charge in [0, 0.05) is 24.9 Å². The second-order valence-corrected chi connectivity index (χ2v) is 3.73. The van der Waals surface area contributed by atoms with Gasteiger partial charge < -0.3 is 5.73 Å². The average molecular weight is 211 g/mol. The Bertz CT molecular complexity index is 451. The third-order valence-corrected chi connectivity index (χ3v) is 2.70. The number of rotatable bonds is 3. The number of aryl methyl sites for hydroxylation is 1. The van der Waals surface area contributed by atoms with Gasteiger partial charge in [0.2, 0.25) is 0 Å². The molecule has 2 nitrogen and oxygen atoms in total. The SMILES string of the molecule is Cc1ccccc1[C](CN)c1ccncc1. The lowest BCUT2D eigenvalue weighted by Crippen LogP contribution is -2.15. The maximum atomic E-state index is 5.85. The van der Waals surface area contributed by atoms with Crippen LogP contribution in [0.25, 0.3) is 0 Å². The van der Waals surface area contributed by atoms with E-state index in [1.165, 1.54) is 17.0 Å². The van der Waals surface area contributed by atoms with Crippen LogP contribution < -0.4 is 5.73 Å². The topological polar surface area (TPSA) is 38.9 Å². The van der Waals surface area contributed by atoms with Crippen molar-refractivity contribution in [3.05, 3.63) is 71.4 Å². The first-order chi connectivity index (χ1) is 7.83. The van der Waals surface area contributed by atoms with Crippen molar-refractivity contribution in [3.8, 4) is 0 Å². The lowest BCUT2D eigenvalue weighted by Gasteiger charge is -2.16. The molecule has 81 valence electrons. The second-order valence-electron chi connectivity index (χ2n) is 3.73. The van der Waals surface area contributed by atoms with Crippen LogP contribution in [-0.2, 0) is 0 Å². The molecule has 0 unspecified atom stereocenters. The molecule has 0 fully saturated rings. The molecule has 0 saturated carbocycles. The first-order valence-corrected chi connectivity index (χ1v) is 5.35. The van der Waals surface area contributed by atoms with Crippen molar-refractivity contribution in [2.75, 3.05) is 6.54 Å². The molecule has 0 spiro atoms. The average Bonchev–Trinajstić information content (AvgIpc) is 2.34. The molecule has 1 heterocycles. The summed E-state index contributed by atoms with van der Waals surface area (Å²) in [5.74, 6) is 1.17. The summed E-state index contributed by atoms with van der Waals surface area (Å²) in [6.45, 7) is 2.64. The largest absolute Gasteiger partial charge is 0.329 e. The van der Waals surface area contributed by atoms with Crippen LogP contribution in [0.15, 0.2) is 48.8 Å². The number of benzene rings is 1. The molecule has 16 heavy (non-hydrogen) atoms. The zero-order valence-electron chi connectivity index (χ0n) is 9.35. The van der Waals surface area contributed by atoms with E-state index in [0.717, 1.165) is 5.56 Å². The molecule has 2 aromatic rings. The Kier molecular flexibility index (Phi) is 3.32. The van der Waals surface area contributed by atoms with Gasteiger partial charge in [-0.2, -0.15) is 0 Å². The van der Waals surface area contributed by atoms with E-state index in [-0.39, 0.29) is 0 Å². The van der Waals surface area contributed by atoms with E-state index in [9.17, 15) is 0 Å². The first kappa shape index (κ1) is 10.8. The van der Waals surface area contributed by atoms with Crippen molar-refractivity contribution < 1.29 is 0 Å². The Morgan fingerprint density at radius 2 is 1.81 bits per heavy atom. The van der Waals surface area contributed by atoms with E-state index < -0.39 is 0 Å². The number of aromatic nitrogens is 1. The molecule has 1 radical (unpaired) electrons. The number of hydrogen-bond acceptors (Lipinski definition) is 2. The summed E-state index contributed by atoms with van der Waals surface area (Å²) in [5.41, 5.74) is 9.46. The van der Waals surface area contributed by atoms with Crippen LogP contribution in [0.4, 0.5) is 0 Å². The van der Waals surface area contributed by atoms with Crippen molar-refractivity contribution in [2.24, 2.45) is 5.73 Å².